The van der Waals surface area contributed by atoms with Crippen LogP contribution in [0.1, 0.15) is 31.2 Å². The summed E-state index contributed by atoms with van der Waals surface area (Å²) in [6.07, 6.45) is 4.65. The van der Waals surface area contributed by atoms with Crippen molar-refractivity contribution in [1.82, 2.24) is 5.32 Å². The molecule has 0 aromatic heterocycles. The highest BCUT2D eigenvalue weighted by molar-refractivity contribution is 6.30. The Balaban J connectivity index is 1.74. The number of aliphatic hydroxyl groups is 1. The molecule has 0 unspecified atom stereocenters. The summed E-state index contributed by atoms with van der Waals surface area (Å²) in [5.41, 5.74) is 1.28. The van der Waals surface area contributed by atoms with E-state index in [1.807, 2.05) is 12.1 Å². The molecule has 1 saturated carbocycles. The summed E-state index contributed by atoms with van der Waals surface area (Å²) in [4.78, 5) is 0. The molecule has 0 bridgehead atoms. The van der Waals surface area contributed by atoms with Gasteiger partial charge in [-0.25, -0.2) is 0 Å². The maximum Gasteiger partial charge on any atom is 0.0459 e. The van der Waals surface area contributed by atoms with E-state index in [9.17, 15) is 0 Å². The lowest BCUT2D eigenvalue weighted by molar-refractivity contribution is 0.175. The maximum absolute atomic E-state index is 9.08. The quantitative estimate of drug-likeness (QED) is 0.865. The molecule has 2 nitrogen and oxygen atoms in total. The maximum atomic E-state index is 9.08. The number of hydrogen-bond acceptors (Lipinski definition) is 2. The first-order valence-corrected chi connectivity index (χ1v) is 6.74. The average Bonchev–Trinajstić information content (AvgIpc) is 2.39. The summed E-state index contributed by atoms with van der Waals surface area (Å²) in [7, 11) is 0. The molecule has 3 heteroatoms. The van der Waals surface area contributed by atoms with Gasteiger partial charge in [0.1, 0.15) is 0 Å². The lowest BCUT2D eigenvalue weighted by Crippen LogP contribution is -2.33. The van der Waals surface area contributed by atoms with Crippen LogP contribution in [0.25, 0.3) is 0 Å². The minimum Gasteiger partial charge on any atom is -0.396 e. The molecule has 0 spiro atoms. The van der Waals surface area contributed by atoms with Crippen molar-refractivity contribution < 1.29 is 5.11 Å². The zero-order valence-corrected chi connectivity index (χ0v) is 10.8. The first kappa shape index (κ1) is 12.9. The van der Waals surface area contributed by atoms with Crippen LogP contribution in [0.4, 0.5) is 0 Å². The molecule has 17 heavy (non-hydrogen) atoms. The van der Waals surface area contributed by atoms with E-state index in [-0.39, 0.29) is 0 Å². The third-order valence-electron chi connectivity index (χ3n) is 3.61. The van der Waals surface area contributed by atoms with Gasteiger partial charge in [0.2, 0.25) is 0 Å². The highest BCUT2D eigenvalue weighted by atomic mass is 35.5. The summed E-state index contributed by atoms with van der Waals surface area (Å²) in [5.74, 6) is 0.531. The monoisotopic (exact) mass is 253 g/mol. The molecule has 0 heterocycles. The third-order valence-corrected chi connectivity index (χ3v) is 3.87. The van der Waals surface area contributed by atoms with Crippen molar-refractivity contribution in [2.24, 2.45) is 5.92 Å². The molecular formula is C14H20ClNO. The van der Waals surface area contributed by atoms with Crippen LogP contribution in [0.5, 0.6) is 0 Å². The topological polar surface area (TPSA) is 32.3 Å². The molecule has 2 N–H and O–H groups in total. The number of hydrogen-bond donors (Lipinski definition) is 2. The Morgan fingerprint density at radius 2 is 1.76 bits per heavy atom. The van der Waals surface area contributed by atoms with Gasteiger partial charge < -0.3 is 10.4 Å². The van der Waals surface area contributed by atoms with E-state index in [4.69, 9.17) is 16.7 Å². The Hall–Kier alpha value is -0.570. The Morgan fingerprint density at radius 1 is 1.12 bits per heavy atom. The van der Waals surface area contributed by atoms with Crippen LogP contribution in [0.15, 0.2) is 24.3 Å². The fourth-order valence-electron chi connectivity index (χ4n) is 2.41. The third kappa shape index (κ3) is 3.98. The second-order valence-electron chi connectivity index (χ2n) is 4.91. The number of aliphatic hydroxyl groups excluding tert-OH is 1. The van der Waals surface area contributed by atoms with Gasteiger partial charge in [-0.2, -0.15) is 0 Å². The van der Waals surface area contributed by atoms with Crippen molar-refractivity contribution in [3.63, 3.8) is 0 Å². The highest BCUT2D eigenvalue weighted by Gasteiger charge is 2.19. The Kier molecular flexibility index (Phi) is 4.84. The predicted molar refractivity (Wildman–Crippen MR) is 71.1 cm³/mol. The van der Waals surface area contributed by atoms with E-state index in [2.05, 4.69) is 17.4 Å². The molecule has 1 aliphatic carbocycles. The molecule has 0 aliphatic heterocycles. The average molecular weight is 254 g/mol. The molecule has 1 aromatic rings. The lowest BCUT2D eigenvalue weighted by atomic mass is 9.86. The standard InChI is InChI=1S/C14H20ClNO/c15-13-5-1-11(2-6-13)9-16-14-7-3-12(10-17)4-8-14/h1-2,5-6,12,14,16-17H,3-4,7-10H2. The van der Waals surface area contributed by atoms with Crippen molar-refractivity contribution in [2.45, 2.75) is 38.3 Å². The first-order chi connectivity index (χ1) is 8.28. The summed E-state index contributed by atoms with van der Waals surface area (Å²) in [6.45, 7) is 1.26. The van der Waals surface area contributed by atoms with Gasteiger partial charge in [0, 0.05) is 24.2 Å². The van der Waals surface area contributed by atoms with E-state index in [1.54, 1.807) is 0 Å². The van der Waals surface area contributed by atoms with E-state index >= 15 is 0 Å². The normalized spacial score (nSPS) is 24.8. The summed E-state index contributed by atoms with van der Waals surface area (Å²) in [6, 6.07) is 8.60. The summed E-state index contributed by atoms with van der Waals surface area (Å²) in [5, 5.41) is 13.4. The molecule has 0 radical (unpaired) electrons. The minimum atomic E-state index is 0.351. The van der Waals surface area contributed by atoms with Gasteiger partial charge in [0.25, 0.3) is 0 Å². The van der Waals surface area contributed by atoms with Crippen molar-refractivity contribution in [1.29, 1.82) is 0 Å². The number of rotatable bonds is 4. The molecule has 94 valence electrons. The zero-order chi connectivity index (χ0) is 12.1. The van der Waals surface area contributed by atoms with Gasteiger partial charge in [0.15, 0.2) is 0 Å². The molecule has 1 aromatic carbocycles. The number of benzene rings is 1. The first-order valence-electron chi connectivity index (χ1n) is 6.36. The molecular weight excluding hydrogens is 234 g/mol. The SMILES string of the molecule is OCC1CCC(NCc2ccc(Cl)cc2)CC1. The Bertz CT molecular complexity index is 331. The van der Waals surface area contributed by atoms with Crippen molar-refractivity contribution in [2.75, 3.05) is 6.61 Å². The van der Waals surface area contributed by atoms with Crippen LogP contribution in [-0.4, -0.2) is 17.8 Å². The van der Waals surface area contributed by atoms with Crippen molar-refractivity contribution in [3.05, 3.63) is 34.9 Å². The molecule has 2 rings (SSSR count). The van der Waals surface area contributed by atoms with Gasteiger partial charge in [-0.15, -0.1) is 0 Å². The molecule has 0 saturated heterocycles. The van der Waals surface area contributed by atoms with Crippen molar-refractivity contribution in [3.8, 4) is 0 Å². The van der Waals surface area contributed by atoms with Gasteiger partial charge in [-0.3, -0.25) is 0 Å². The fourth-order valence-corrected chi connectivity index (χ4v) is 2.54. The van der Waals surface area contributed by atoms with Crippen LogP contribution in [0.3, 0.4) is 0 Å². The van der Waals surface area contributed by atoms with Crippen LogP contribution in [0, 0.1) is 5.92 Å². The van der Waals surface area contributed by atoms with Gasteiger partial charge in [-0.05, 0) is 49.3 Å². The van der Waals surface area contributed by atoms with Crippen LogP contribution < -0.4 is 5.32 Å². The smallest absolute Gasteiger partial charge is 0.0459 e. The minimum absolute atomic E-state index is 0.351. The van der Waals surface area contributed by atoms with E-state index in [0.29, 0.717) is 18.6 Å². The summed E-state index contributed by atoms with van der Waals surface area (Å²) < 4.78 is 0. The van der Waals surface area contributed by atoms with E-state index in [1.165, 1.54) is 18.4 Å². The van der Waals surface area contributed by atoms with Crippen LogP contribution >= 0.6 is 11.6 Å². The van der Waals surface area contributed by atoms with E-state index < -0.39 is 0 Å². The lowest BCUT2D eigenvalue weighted by Gasteiger charge is -2.28. The van der Waals surface area contributed by atoms with Gasteiger partial charge in [0.05, 0.1) is 0 Å². The largest absolute Gasteiger partial charge is 0.396 e. The summed E-state index contributed by atoms with van der Waals surface area (Å²) >= 11 is 5.85. The number of halogens is 1. The molecule has 1 fully saturated rings. The van der Waals surface area contributed by atoms with Crippen LogP contribution in [-0.2, 0) is 6.54 Å². The number of nitrogens with one attached hydrogen (secondary N) is 1. The van der Waals surface area contributed by atoms with Gasteiger partial charge in [-0.1, -0.05) is 23.7 Å². The zero-order valence-electron chi connectivity index (χ0n) is 10.0. The molecule has 0 amide bonds. The molecule has 1 aliphatic rings. The van der Waals surface area contributed by atoms with Crippen molar-refractivity contribution >= 4 is 11.6 Å². The predicted octanol–water partition coefficient (Wildman–Crippen LogP) is 2.98. The van der Waals surface area contributed by atoms with Crippen LogP contribution in [0.2, 0.25) is 5.02 Å². The Morgan fingerprint density at radius 3 is 2.35 bits per heavy atom. The second-order valence-corrected chi connectivity index (χ2v) is 5.34. The molecule has 0 atom stereocenters. The second kappa shape index (κ2) is 6.39. The Labute approximate surface area is 108 Å². The van der Waals surface area contributed by atoms with Gasteiger partial charge >= 0.3 is 0 Å². The fraction of sp³-hybridized carbons (Fsp3) is 0.571. The van der Waals surface area contributed by atoms with E-state index in [0.717, 1.165) is 24.4 Å². The highest BCUT2D eigenvalue weighted by Crippen LogP contribution is 2.23.